The van der Waals surface area contributed by atoms with E-state index in [2.05, 4.69) is 52.4 Å². The molecule has 0 radical (unpaired) electrons. The van der Waals surface area contributed by atoms with Crippen molar-refractivity contribution in [2.75, 3.05) is 25.0 Å². The highest BCUT2D eigenvalue weighted by Gasteiger charge is 2.26. The van der Waals surface area contributed by atoms with E-state index in [4.69, 9.17) is 4.52 Å². The van der Waals surface area contributed by atoms with Crippen LogP contribution in [0.25, 0.3) is 11.4 Å². The quantitative estimate of drug-likeness (QED) is 0.679. The molecule has 0 spiro atoms. The Balaban J connectivity index is 1.30. The lowest BCUT2D eigenvalue weighted by Crippen LogP contribution is -2.38. The fourth-order valence-electron chi connectivity index (χ4n) is 3.99. The molecule has 1 aromatic heterocycles. The summed E-state index contributed by atoms with van der Waals surface area (Å²) in [5.41, 5.74) is 5.31. The van der Waals surface area contributed by atoms with Crippen LogP contribution in [0.5, 0.6) is 0 Å². The minimum absolute atomic E-state index is 0.0277. The van der Waals surface area contributed by atoms with Gasteiger partial charge in [-0.2, -0.15) is 4.98 Å². The van der Waals surface area contributed by atoms with E-state index in [1.165, 1.54) is 11.1 Å². The average Bonchev–Trinajstić information content (AvgIpc) is 3.21. The molecule has 1 amide bonds. The Hall–Kier alpha value is -2.99. The molecule has 156 valence electrons. The third-order valence-electron chi connectivity index (χ3n) is 5.68. The Kier molecular flexibility index (Phi) is 5.95. The number of nitrogens with one attached hydrogen (secondary N) is 1. The van der Waals surface area contributed by atoms with E-state index in [-0.39, 0.29) is 11.8 Å². The van der Waals surface area contributed by atoms with Crippen LogP contribution in [0.1, 0.15) is 41.3 Å². The molecule has 30 heavy (non-hydrogen) atoms. The largest absolute Gasteiger partial charge is 0.339 e. The monoisotopic (exact) mass is 404 g/mol. The van der Waals surface area contributed by atoms with Crippen molar-refractivity contribution >= 4 is 11.6 Å². The zero-order chi connectivity index (χ0) is 21.1. The zero-order valence-corrected chi connectivity index (χ0v) is 17.8. The van der Waals surface area contributed by atoms with Crippen molar-refractivity contribution in [3.63, 3.8) is 0 Å². The van der Waals surface area contributed by atoms with Crippen molar-refractivity contribution < 1.29 is 9.32 Å². The van der Waals surface area contributed by atoms with Gasteiger partial charge in [0.25, 0.3) is 0 Å². The summed E-state index contributed by atoms with van der Waals surface area (Å²) in [5, 5.41) is 7.20. The number of aromatic nitrogens is 2. The second-order valence-electron chi connectivity index (χ2n) is 8.24. The number of amides is 1. The third kappa shape index (κ3) is 4.76. The molecule has 1 aliphatic heterocycles. The van der Waals surface area contributed by atoms with E-state index in [0.29, 0.717) is 18.3 Å². The number of benzene rings is 2. The van der Waals surface area contributed by atoms with Crippen LogP contribution in [0.3, 0.4) is 0 Å². The molecule has 6 nitrogen and oxygen atoms in total. The first-order chi connectivity index (χ1) is 14.5. The fraction of sp³-hybridized carbons (Fsp3) is 0.375. The second-order valence-corrected chi connectivity index (χ2v) is 8.24. The number of carbonyl (C=O) groups is 1. The van der Waals surface area contributed by atoms with Crippen LogP contribution in [0.4, 0.5) is 5.69 Å². The maximum Gasteiger partial charge on any atom is 0.238 e. The molecular weight excluding hydrogens is 376 g/mol. The summed E-state index contributed by atoms with van der Waals surface area (Å²) in [6.07, 6.45) is 1.82. The minimum atomic E-state index is 0.0277. The van der Waals surface area contributed by atoms with Gasteiger partial charge in [0.2, 0.25) is 17.6 Å². The van der Waals surface area contributed by atoms with E-state index < -0.39 is 0 Å². The second kappa shape index (κ2) is 8.79. The van der Waals surface area contributed by atoms with Crippen LogP contribution in [0, 0.1) is 20.8 Å². The summed E-state index contributed by atoms with van der Waals surface area (Å²) >= 11 is 0. The summed E-state index contributed by atoms with van der Waals surface area (Å²) in [6, 6.07) is 14.2. The van der Waals surface area contributed by atoms with Gasteiger partial charge in [0.15, 0.2) is 0 Å². The number of rotatable bonds is 5. The molecule has 2 heterocycles. The minimum Gasteiger partial charge on any atom is -0.339 e. The molecular formula is C24H28N4O2. The van der Waals surface area contributed by atoms with Crippen molar-refractivity contribution in [2.24, 2.45) is 0 Å². The van der Waals surface area contributed by atoms with E-state index in [1.54, 1.807) is 0 Å². The van der Waals surface area contributed by atoms with Gasteiger partial charge in [0.1, 0.15) is 0 Å². The Labute approximate surface area is 177 Å². The summed E-state index contributed by atoms with van der Waals surface area (Å²) in [5.74, 6) is 1.62. The van der Waals surface area contributed by atoms with Crippen molar-refractivity contribution in [3.05, 3.63) is 65.0 Å². The van der Waals surface area contributed by atoms with Gasteiger partial charge in [-0.1, -0.05) is 46.6 Å². The van der Waals surface area contributed by atoms with Crippen LogP contribution in [-0.2, 0) is 4.79 Å². The SMILES string of the molecule is Cc1cccc(-c2noc(C3CCN(CC(=O)Nc4ccc(C)cc4C)CC3)n2)c1. The van der Waals surface area contributed by atoms with Crippen molar-refractivity contribution in [3.8, 4) is 11.4 Å². The first kappa shape index (κ1) is 20.3. The number of anilines is 1. The summed E-state index contributed by atoms with van der Waals surface area (Å²) in [6.45, 7) is 8.20. The number of hydrogen-bond donors (Lipinski definition) is 1. The van der Waals surface area contributed by atoms with Gasteiger partial charge in [0, 0.05) is 17.2 Å². The Morgan fingerprint density at radius 3 is 2.60 bits per heavy atom. The van der Waals surface area contributed by atoms with Crippen molar-refractivity contribution in [1.29, 1.82) is 0 Å². The Morgan fingerprint density at radius 1 is 1.10 bits per heavy atom. The lowest BCUT2D eigenvalue weighted by Gasteiger charge is -2.29. The highest BCUT2D eigenvalue weighted by molar-refractivity contribution is 5.93. The van der Waals surface area contributed by atoms with Gasteiger partial charge in [-0.25, -0.2) is 0 Å². The van der Waals surface area contributed by atoms with Gasteiger partial charge in [0.05, 0.1) is 6.54 Å². The van der Waals surface area contributed by atoms with Gasteiger partial charge >= 0.3 is 0 Å². The molecule has 2 aromatic carbocycles. The molecule has 0 aliphatic carbocycles. The molecule has 0 unspecified atom stereocenters. The third-order valence-corrected chi connectivity index (χ3v) is 5.68. The Morgan fingerprint density at radius 2 is 1.87 bits per heavy atom. The van der Waals surface area contributed by atoms with Gasteiger partial charge in [-0.15, -0.1) is 0 Å². The number of aryl methyl sites for hydroxylation is 3. The summed E-state index contributed by atoms with van der Waals surface area (Å²) in [4.78, 5) is 19.3. The molecule has 4 rings (SSSR count). The molecule has 3 aromatic rings. The van der Waals surface area contributed by atoms with Crippen molar-refractivity contribution in [2.45, 2.75) is 39.5 Å². The van der Waals surface area contributed by atoms with Crippen LogP contribution in [0.2, 0.25) is 0 Å². The highest BCUT2D eigenvalue weighted by atomic mass is 16.5. The fourth-order valence-corrected chi connectivity index (χ4v) is 3.99. The maximum absolute atomic E-state index is 12.5. The van der Waals surface area contributed by atoms with Gasteiger partial charge < -0.3 is 9.84 Å². The maximum atomic E-state index is 12.5. The molecule has 6 heteroatoms. The van der Waals surface area contributed by atoms with Gasteiger partial charge in [-0.3, -0.25) is 9.69 Å². The summed E-state index contributed by atoms with van der Waals surface area (Å²) < 4.78 is 5.56. The number of likely N-dealkylation sites (tertiary alicyclic amines) is 1. The molecule has 1 saturated heterocycles. The average molecular weight is 405 g/mol. The number of hydrogen-bond acceptors (Lipinski definition) is 5. The number of piperidine rings is 1. The zero-order valence-electron chi connectivity index (χ0n) is 17.8. The normalized spacial score (nSPS) is 15.3. The Bertz CT molecular complexity index is 1040. The molecule has 0 atom stereocenters. The van der Waals surface area contributed by atoms with E-state index in [0.717, 1.165) is 42.7 Å². The smallest absolute Gasteiger partial charge is 0.238 e. The van der Waals surface area contributed by atoms with E-state index >= 15 is 0 Å². The van der Waals surface area contributed by atoms with Gasteiger partial charge in [-0.05, 0) is 64.4 Å². The highest BCUT2D eigenvalue weighted by Crippen LogP contribution is 2.28. The lowest BCUT2D eigenvalue weighted by atomic mass is 9.97. The number of carbonyl (C=O) groups excluding carboxylic acids is 1. The predicted molar refractivity (Wildman–Crippen MR) is 117 cm³/mol. The molecule has 1 aliphatic rings. The topological polar surface area (TPSA) is 71.3 Å². The molecule has 1 N–H and O–H groups in total. The standard InChI is InChI=1S/C24H28N4O2/c1-16-5-4-6-20(14-16)23-26-24(30-27-23)19-9-11-28(12-10-19)15-22(29)25-21-8-7-17(2)13-18(21)3/h4-8,13-14,19H,9-12,15H2,1-3H3,(H,25,29). The molecule has 0 bridgehead atoms. The van der Waals surface area contributed by atoms with E-state index in [1.807, 2.05) is 31.2 Å². The first-order valence-corrected chi connectivity index (χ1v) is 10.5. The van der Waals surface area contributed by atoms with E-state index in [9.17, 15) is 4.79 Å². The summed E-state index contributed by atoms with van der Waals surface area (Å²) in [7, 11) is 0. The van der Waals surface area contributed by atoms with Crippen LogP contribution in [-0.4, -0.2) is 40.6 Å². The van der Waals surface area contributed by atoms with Crippen molar-refractivity contribution in [1.82, 2.24) is 15.0 Å². The first-order valence-electron chi connectivity index (χ1n) is 10.5. The predicted octanol–water partition coefficient (Wildman–Crippen LogP) is 4.48. The number of nitrogens with zero attached hydrogens (tertiary/aromatic N) is 3. The van der Waals surface area contributed by atoms with Crippen LogP contribution in [0.15, 0.2) is 47.0 Å². The molecule has 0 saturated carbocycles. The van der Waals surface area contributed by atoms with Crippen LogP contribution >= 0.6 is 0 Å². The lowest BCUT2D eigenvalue weighted by molar-refractivity contribution is -0.117. The van der Waals surface area contributed by atoms with Crippen LogP contribution < -0.4 is 5.32 Å². The molecule has 1 fully saturated rings.